The molecule has 1 aliphatic rings. The maximum Gasteiger partial charge on any atom is 0.256 e. The molecule has 1 aliphatic heterocycles. The summed E-state index contributed by atoms with van der Waals surface area (Å²) >= 11 is 0. The minimum atomic E-state index is -0.199. The van der Waals surface area contributed by atoms with Crippen LogP contribution in [-0.2, 0) is 4.74 Å². The van der Waals surface area contributed by atoms with Gasteiger partial charge in [0.05, 0.1) is 0 Å². The van der Waals surface area contributed by atoms with Gasteiger partial charge in [-0.05, 0) is 12.5 Å². The van der Waals surface area contributed by atoms with Crippen LogP contribution in [0.3, 0.4) is 0 Å². The molecule has 1 atom stereocenters. The van der Waals surface area contributed by atoms with Crippen LogP contribution in [0, 0.1) is 0 Å². The lowest BCUT2D eigenvalue weighted by Crippen LogP contribution is -2.29. The Labute approximate surface area is 96.0 Å². The zero-order valence-corrected chi connectivity index (χ0v) is 9.77. The van der Waals surface area contributed by atoms with Crippen LogP contribution in [0.4, 0.5) is 0 Å². The first-order chi connectivity index (χ1) is 7.79. The summed E-state index contributed by atoms with van der Waals surface area (Å²) in [7, 11) is 1.65. The van der Waals surface area contributed by atoms with E-state index in [-0.39, 0.29) is 12.1 Å². The van der Waals surface area contributed by atoms with E-state index in [9.17, 15) is 4.79 Å². The van der Waals surface area contributed by atoms with Gasteiger partial charge in [-0.15, -0.1) is 0 Å². The van der Waals surface area contributed by atoms with Gasteiger partial charge in [-0.2, -0.15) is 0 Å². The fraction of sp³-hybridized carbons (Fsp3) is 0.462. The monoisotopic (exact) mass is 219 g/mol. The topological polar surface area (TPSA) is 29.5 Å². The summed E-state index contributed by atoms with van der Waals surface area (Å²) in [6, 6.07) is 7.68. The van der Waals surface area contributed by atoms with Crippen LogP contribution in [0.2, 0.25) is 0 Å². The second kappa shape index (κ2) is 4.66. The summed E-state index contributed by atoms with van der Waals surface area (Å²) in [5.74, 6) is 0.0934. The van der Waals surface area contributed by atoms with Crippen molar-refractivity contribution >= 4 is 5.91 Å². The lowest BCUT2D eigenvalue weighted by atomic mass is 10.1. The highest BCUT2D eigenvalue weighted by Gasteiger charge is 2.35. The van der Waals surface area contributed by atoms with Gasteiger partial charge < -0.3 is 9.64 Å². The summed E-state index contributed by atoms with van der Waals surface area (Å²) in [5, 5.41) is 0. The second-order valence-electron chi connectivity index (χ2n) is 4.03. The van der Waals surface area contributed by atoms with Gasteiger partial charge >= 0.3 is 0 Å². The molecule has 1 aromatic carbocycles. The van der Waals surface area contributed by atoms with Crippen LogP contribution in [0.1, 0.15) is 41.9 Å². The maximum absolute atomic E-state index is 12.1. The van der Waals surface area contributed by atoms with E-state index in [1.165, 1.54) is 0 Å². The molecule has 0 unspecified atom stereocenters. The SMILES string of the molecule is CCCCN1C(=O)c2ccccc2[C@@H]1OC. The van der Waals surface area contributed by atoms with E-state index in [0.29, 0.717) is 0 Å². The molecule has 3 heteroatoms. The van der Waals surface area contributed by atoms with E-state index in [0.717, 1.165) is 30.5 Å². The average molecular weight is 219 g/mol. The van der Waals surface area contributed by atoms with Crippen LogP contribution < -0.4 is 0 Å². The molecular weight excluding hydrogens is 202 g/mol. The van der Waals surface area contributed by atoms with E-state index in [4.69, 9.17) is 4.74 Å². The summed E-state index contributed by atoms with van der Waals surface area (Å²) in [5.41, 5.74) is 1.77. The Bertz CT molecular complexity index is 389. The maximum atomic E-state index is 12.1. The number of nitrogens with zero attached hydrogens (tertiary/aromatic N) is 1. The Hall–Kier alpha value is -1.35. The number of benzene rings is 1. The molecule has 3 nitrogen and oxygen atoms in total. The molecule has 2 rings (SSSR count). The molecule has 0 saturated carbocycles. The van der Waals surface area contributed by atoms with Gasteiger partial charge in [0.2, 0.25) is 0 Å². The van der Waals surface area contributed by atoms with Crippen molar-refractivity contribution in [3.05, 3.63) is 35.4 Å². The van der Waals surface area contributed by atoms with Crippen molar-refractivity contribution in [1.82, 2.24) is 4.90 Å². The lowest BCUT2D eigenvalue weighted by molar-refractivity contribution is -0.0128. The standard InChI is InChI=1S/C13H17NO2/c1-3-4-9-14-12(15)10-7-5-6-8-11(10)13(14)16-2/h5-8,13H,3-4,9H2,1-2H3/t13-/m0/s1. The molecule has 0 N–H and O–H groups in total. The quantitative estimate of drug-likeness (QED) is 0.779. The molecular formula is C13H17NO2. The molecule has 0 radical (unpaired) electrons. The van der Waals surface area contributed by atoms with Gasteiger partial charge in [0.15, 0.2) is 6.23 Å². The summed E-state index contributed by atoms with van der Waals surface area (Å²) in [6.07, 6.45) is 1.89. The van der Waals surface area contributed by atoms with Crippen molar-refractivity contribution in [1.29, 1.82) is 0 Å². The van der Waals surface area contributed by atoms with Crippen LogP contribution in [-0.4, -0.2) is 24.5 Å². The third-order valence-electron chi connectivity index (χ3n) is 2.98. The Morgan fingerprint density at radius 3 is 2.81 bits per heavy atom. The fourth-order valence-corrected chi connectivity index (χ4v) is 2.14. The normalized spacial score (nSPS) is 19.0. The van der Waals surface area contributed by atoms with Crippen LogP contribution in [0.15, 0.2) is 24.3 Å². The molecule has 16 heavy (non-hydrogen) atoms. The minimum absolute atomic E-state index is 0.0934. The highest BCUT2D eigenvalue weighted by atomic mass is 16.5. The number of hydrogen-bond donors (Lipinski definition) is 0. The first-order valence-corrected chi connectivity index (χ1v) is 5.72. The van der Waals surface area contributed by atoms with E-state index < -0.39 is 0 Å². The van der Waals surface area contributed by atoms with Crippen LogP contribution in [0.25, 0.3) is 0 Å². The van der Waals surface area contributed by atoms with Crippen molar-refractivity contribution in [2.24, 2.45) is 0 Å². The Balaban J connectivity index is 2.28. The molecule has 1 amide bonds. The number of carbonyl (C=O) groups excluding carboxylic acids is 1. The van der Waals surface area contributed by atoms with Gasteiger partial charge in [-0.1, -0.05) is 31.5 Å². The minimum Gasteiger partial charge on any atom is -0.357 e. The predicted octanol–water partition coefficient (Wildman–Crippen LogP) is 2.59. The average Bonchev–Trinajstić information content (AvgIpc) is 2.60. The Kier molecular flexibility index (Phi) is 3.25. The summed E-state index contributed by atoms with van der Waals surface area (Å²) in [4.78, 5) is 13.9. The number of amides is 1. The summed E-state index contributed by atoms with van der Waals surface area (Å²) < 4.78 is 5.42. The van der Waals surface area contributed by atoms with E-state index in [2.05, 4.69) is 6.92 Å². The van der Waals surface area contributed by atoms with Crippen molar-refractivity contribution in [2.75, 3.05) is 13.7 Å². The second-order valence-corrected chi connectivity index (χ2v) is 4.03. The molecule has 0 aliphatic carbocycles. The van der Waals surface area contributed by atoms with Gasteiger partial charge in [0, 0.05) is 24.8 Å². The van der Waals surface area contributed by atoms with Crippen molar-refractivity contribution in [2.45, 2.75) is 26.0 Å². The molecule has 0 aromatic heterocycles. The number of carbonyl (C=O) groups is 1. The molecule has 0 bridgehead atoms. The van der Waals surface area contributed by atoms with Crippen molar-refractivity contribution < 1.29 is 9.53 Å². The number of rotatable bonds is 4. The Morgan fingerprint density at radius 2 is 2.12 bits per heavy atom. The highest BCUT2D eigenvalue weighted by Crippen LogP contribution is 2.33. The number of ether oxygens (including phenoxy) is 1. The first-order valence-electron chi connectivity index (χ1n) is 5.72. The van der Waals surface area contributed by atoms with Gasteiger partial charge in [0.25, 0.3) is 5.91 Å². The number of unbranched alkanes of at least 4 members (excludes halogenated alkanes) is 1. The Morgan fingerprint density at radius 1 is 1.38 bits per heavy atom. The van der Waals surface area contributed by atoms with Crippen molar-refractivity contribution in [3.63, 3.8) is 0 Å². The fourth-order valence-electron chi connectivity index (χ4n) is 2.14. The number of methoxy groups -OCH3 is 1. The zero-order chi connectivity index (χ0) is 11.5. The van der Waals surface area contributed by atoms with Gasteiger partial charge in [0.1, 0.15) is 0 Å². The third kappa shape index (κ3) is 1.71. The molecule has 0 spiro atoms. The molecule has 0 saturated heterocycles. The predicted molar refractivity (Wildman–Crippen MR) is 62.1 cm³/mol. The summed E-state index contributed by atoms with van der Waals surface area (Å²) in [6.45, 7) is 2.89. The van der Waals surface area contributed by atoms with Crippen LogP contribution >= 0.6 is 0 Å². The van der Waals surface area contributed by atoms with Gasteiger partial charge in [-0.3, -0.25) is 4.79 Å². The number of fused-ring (bicyclic) bond motifs is 1. The zero-order valence-electron chi connectivity index (χ0n) is 9.77. The van der Waals surface area contributed by atoms with Crippen molar-refractivity contribution in [3.8, 4) is 0 Å². The molecule has 1 heterocycles. The van der Waals surface area contributed by atoms with Crippen LogP contribution in [0.5, 0.6) is 0 Å². The van der Waals surface area contributed by atoms with Gasteiger partial charge in [-0.25, -0.2) is 0 Å². The third-order valence-corrected chi connectivity index (χ3v) is 2.98. The first kappa shape index (κ1) is 11.1. The van der Waals surface area contributed by atoms with E-state index >= 15 is 0 Å². The highest BCUT2D eigenvalue weighted by molar-refractivity contribution is 5.98. The van der Waals surface area contributed by atoms with E-state index in [1.807, 2.05) is 29.2 Å². The largest absolute Gasteiger partial charge is 0.357 e. The molecule has 0 fully saturated rings. The smallest absolute Gasteiger partial charge is 0.256 e. The molecule has 1 aromatic rings. The lowest BCUT2D eigenvalue weighted by Gasteiger charge is -2.23. The number of hydrogen-bond acceptors (Lipinski definition) is 2. The van der Waals surface area contributed by atoms with E-state index in [1.54, 1.807) is 7.11 Å². The molecule has 86 valence electrons.